The Bertz CT molecular complexity index is 751. The number of nitrogens with one attached hydrogen (secondary N) is 2. The third-order valence-corrected chi connectivity index (χ3v) is 4.22. The lowest BCUT2D eigenvalue weighted by molar-refractivity contribution is -0.117. The lowest BCUT2D eigenvalue weighted by Crippen LogP contribution is -2.36. The summed E-state index contributed by atoms with van der Waals surface area (Å²) in [7, 11) is 3.58. The fraction of sp³-hybridized carbons (Fsp3) is 0.412. The molecular formula is C17H23N7O. The van der Waals surface area contributed by atoms with Gasteiger partial charge in [-0.2, -0.15) is 5.10 Å². The van der Waals surface area contributed by atoms with Crippen LogP contribution in [0.4, 0.5) is 5.69 Å². The van der Waals surface area contributed by atoms with Crippen LogP contribution in [0.2, 0.25) is 0 Å². The van der Waals surface area contributed by atoms with Crippen LogP contribution in [0.3, 0.4) is 0 Å². The fourth-order valence-electron chi connectivity index (χ4n) is 2.76. The lowest BCUT2D eigenvalue weighted by atomic mass is 10.2. The van der Waals surface area contributed by atoms with E-state index in [1.165, 1.54) is 6.33 Å². The van der Waals surface area contributed by atoms with Crippen molar-refractivity contribution in [3.8, 4) is 0 Å². The van der Waals surface area contributed by atoms with Gasteiger partial charge in [0.15, 0.2) is 5.96 Å². The van der Waals surface area contributed by atoms with E-state index >= 15 is 0 Å². The Morgan fingerprint density at radius 2 is 2.00 bits per heavy atom. The number of amides is 1. The number of anilines is 1. The predicted molar refractivity (Wildman–Crippen MR) is 96.1 cm³/mol. The molecule has 3 rings (SSSR count). The smallest absolute Gasteiger partial charge is 0.227 e. The number of carbonyl (C=O) groups is 1. The maximum atomic E-state index is 11.8. The Balaban J connectivity index is 1.51. The van der Waals surface area contributed by atoms with Crippen molar-refractivity contribution in [1.29, 1.82) is 0 Å². The maximum Gasteiger partial charge on any atom is 0.227 e. The van der Waals surface area contributed by atoms with Crippen LogP contribution in [0.1, 0.15) is 24.2 Å². The summed E-state index contributed by atoms with van der Waals surface area (Å²) in [5.41, 5.74) is 2.09. The molecule has 0 bridgehead atoms. The zero-order valence-corrected chi connectivity index (χ0v) is 14.6. The molecule has 0 aliphatic carbocycles. The van der Waals surface area contributed by atoms with Crippen molar-refractivity contribution in [3.63, 3.8) is 0 Å². The van der Waals surface area contributed by atoms with Crippen LogP contribution < -0.4 is 15.5 Å². The van der Waals surface area contributed by atoms with Gasteiger partial charge in [0, 0.05) is 39.3 Å². The van der Waals surface area contributed by atoms with Crippen LogP contribution in [0, 0.1) is 0 Å². The maximum absolute atomic E-state index is 11.8. The molecule has 0 spiro atoms. The number of nitrogens with zero attached hydrogens (tertiary/aromatic N) is 5. The normalized spacial score (nSPS) is 14.9. The summed E-state index contributed by atoms with van der Waals surface area (Å²) < 4.78 is 1.72. The van der Waals surface area contributed by atoms with Gasteiger partial charge < -0.3 is 15.5 Å². The van der Waals surface area contributed by atoms with Gasteiger partial charge in [-0.3, -0.25) is 14.5 Å². The second-order valence-electron chi connectivity index (χ2n) is 5.89. The van der Waals surface area contributed by atoms with Crippen LogP contribution in [0.5, 0.6) is 0 Å². The van der Waals surface area contributed by atoms with Crippen molar-refractivity contribution >= 4 is 17.6 Å². The highest BCUT2D eigenvalue weighted by Crippen LogP contribution is 2.21. The molecule has 1 aromatic carbocycles. The Morgan fingerprint density at radius 1 is 1.24 bits per heavy atom. The van der Waals surface area contributed by atoms with Crippen LogP contribution >= 0.6 is 0 Å². The number of aromatic nitrogens is 3. The first-order chi connectivity index (χ1) is 12.2. The summed E-state index contributed by atoms with van der Waals surface area (Å²) in [6.45, 7) is 2.01. The van der Waals surface area contributed by atoms with E-state index in [0.29, 0.717) is 25.5 Å². The first-order valence-electron chi connectivity index (χ1n) is 8.34. The molecule has 1 fully saturated rings. The summed E-state index contributed by atoms with van der Waals surface area (Å²) >= 11 is 0. The van der Waals surface area contributed by atoms with Gasteiger partial charge in [0.25, 0.3) is 0 Å². The van der Waals surface area contributed by atoms with Crippen LogP contribution in [0.15, 0.2) is 35.6 Å². The molecule has 0 unspecified atom stereocenters. The van der Waals surface area contributed by atoms with Crippen molar-refractivity contribution in [2.24, 2.45) is 12.0 Å². The zero-order chi connectivity index (χ0) is 17.6. The number of benzene rings is 1. The summed E-state index contributed by atoms with van der Waals surface area (Å²) in [6, 6.07) is 8.06. The van der Waals surface area contributed by atoms with Gasteiger partial charge in [0.2, 0.25) is 5.91 Å². The quantitative estimate of drug-likeness (QED) is 0.621. The molecule has 1 saturated heterocycles. The molecule has 8 heteroatoms. The summed E-state index contributed by atoms with van der Waals surface area (Å²) in [5.74, 6) is 1.74. The monoisotopic (exact) mass is 341 g/mol. The average Bonchev–Trinajstić information content (AvgIpc) is 3.24. The average molecular weight is 341 g/mol. The number of guanidine groups is 1. The van der Waals surface area contributed by atoms with Gasteiger partial charge in [0.1, 0.15) is 12.2 Å². The van der Waals surface area contributed by atoms with Crippen molar-refractivity contribution in [3.05, 3.63) is 42.0 Å². The lowest BCUT2D eigenvalue weighted by Gasteiger charge is -2.16. The molecule has 1 amide bonds. The first kappa shape index (κ1) is 16.9. The highest BCUT2D eigenvalue weighted by molar-refractivity contribution is 5.95. The number of hydrogen-bond donors (Lipinski definition) is 2. The first-order valence-corrected chi connectivity index (χ1v) is 8.34. The van der Waals surface area contributed by atoms with Gasteiger partial charge in [0.05, 0.1) is 6.54 Å². The van der Waals surface area contributed by atoms with Crippen LogP contribution in [-0.4, -0.2) is 40.2 Å². The second kappa shape index (κ2) is 7.78. The van der Waals surface area contributed by atoms with Gasteiger partial charge >= 0.3 is 0 Å². The standard InChI is InChI=1S/C17H23N7O/c1-18-17(20-11-15-21-12-22-23(15)2)19-10-13-5-7-14(8-6-13)24-9-3-4-16(24)25/h5-8,12H,3-4,9-11H2,1-2H3,(H2,18,19,20). The van der Waals surface area contributed by atoms with Gasteiger partial charge in [-0.05, 0) is 24.1 Å². The Labute approximate surface area is 147 Å². The van der Waals surface area contributed by atoms with Gasteiger partial charge in [-0.15, -0.1) is 0 Å². The Kier molecular flexibility index (Phi) is 5.27. The van der Waals surface area contributed by atoms with E-state index in [9.17, 15) is 4.79 Å². The van der Waals surface area contributed by atoms with Gasteiger partial charge in [-0.1, -0.05) is 12.1 Å². The summed E-state index contributed by atoms with van der Waals surface area (Å²) in [4.78, 5) is 22.0. The Hall–Kier alpha value is -2.90. The molecule has 8 nitrogen and oxygen atoms in total. The highest BCUT2D eigenvalue weighted by atomic mass is 16.2. The number of carbonyl (C=O) groups excluding carboxylic acids is 1. The highest BCUT2D eigenvalue weighted by Gasteiger charge is 2.21. The van der Waals surface area contributed by atoms with E-state index in [4.69, 9.17) is 0 Å². The van der Waals surface area contributed by atoms with Crippen LogP contribution in [0.25, 0.3) is 0 Å². The third-order valence-electron chi connectivity index (χ3n) is 4.22. The molecule has 1 aliphatic rings. The number of rotatable bonds is 5. The molecule has 2 aromatic rings. The minimum Gasteiger partial charge on any atom is -0.352 e. The molecule has 2 N–H and O–H groups in total. The predicted octanol–water partition coefficient (Wildman–Crippen LogP) is 0.807. The van der Waals surface area contributed by atoms with E-state index in [0.717, 1.165) is 30.0 Å². The van der Waals surface area contributed by atoms with E-state index in [1.54, 1.807) is 11.7 Å². The van der Waals surface area contributed by atoms with Crippen LogP contribution in [-0.2, 0) is 24.9 Å². The minimum absolute atomic E-state index is 0.208. The van der Waals surface area contributed by atoms with Crippen molar-refractivity contribution in [1.82, 2.24) is 25.4 Å². The topological polar surface area (TPSA) is 87.4 Å². The minimum atomic E-state index is 0.208. The molecule has 1 aliphatic heterocycles. The molecule has 0 atom stereocenters. The molecule has 0 saturated carbocycles. The van der Waals surface area contributed by atoms with Crippen molar-refractivity contribution in [2.75, 3.05) is 18.5 Å². The number of aryl methyl sites for hydroxylation is 1. The molecule has 2 heterocycles. The number of aliphatic imine (C=N–C) groups is 1. The van der Waals surface area contributed by atoms with E-state index in [-0.39, 0.29) is 5.91 Å². The van der Waals surface area contributed by atoms with E-state index in [1.807, 2.05) is 36.2 Å². The molecule has 0 radical (unpaired) electrons. The summed E-state index contributed by atoms with van der Waals surface area (Å²) in [5, 5.41) is 10.5. The largest absolute Gasteiger partial charge is 0.352 e. The van der Waals surface area contributed by atoms with E-state index in [2.05, 4.69) is 25.7 Å². The molecule has 132 valence electrons. The zero-order valence-electron chi connectivity index (χ0n) is 14.6. The molecule has 25 heavy (non-hydrogen) atoms. The summed E-state index contributed by atoms with van der Waals surface area (Å²) in [6.07, 6.45) is 3.12. The Morgan fingerprint density at radius 3 is 2.60 bits per heavy atom. The van der Waals surface area contributed by atoms with E-state index < -0.39 is 0 Å². The van der Waals surface area contributed by atoms with Gasteiger partial charge in [-0.25, -0.2) is 4.98 Å². The molecular weight excluding hydrogens is 318 g/mol. The van der Waals surface area contributed by atoms with Crippen molar-refractivity contribution < 1.29 is 4.79 Å². The second-order valence-corrected chi connectivity index (χ2v) is 5.89. The fourth-order valence-corrected chi connectivity index (χ4v) is 2.76. The third kappa shape index (κ3) is 4.14. The number of hydrogen-bond acceptors (Lipinski definition) is 4. The molecule has 1 aromatic heterocycles. The SMILES string of the molecule is CN=C(NCc1ccc(N2CCCC2=O)cc1)NCc1ncnn1C. The van der Waals surface area contributed by atoms with Crippen molar-refractivity contribution in [2.45, 2.75) is 25.9 Å².